The van der Waals surface area contributed by atoms with Crippen LogP contribution in [-0.4, -0.2) is 32.8 Å². The molecular weight excluding hydrogens is 981 g/mol. The summed E-state index contributed by atoms with van der Waals surface area (Å²) in [7, 11) is 0. The van der Waals surface area contributed by atoms with Crippen LogP contribution in [0.5, 0.6) is 0 Å². The Morgan fingerprint density at radius 3 is 2.41 bits per heavy atom. The summed E-state index contributed by atoms with van der Waals surface area (Å²) in [6.07, 6.45) is 0.303. The first kappa shape index (κ1) is 34.9. The second-order valence-corrected chi connectivity index (χ2v) is 28.4. The van der Waals surface area contributed by atoms with Crippen molar-refractivity contribution >= 4 is 82.3 Å². The van der Waals surface area contributed by atoms with Gasteiger partial charge in [0.2, 0.25) is 5.71 Å². The van der Waals surface area contributed by atoms with E-state index in [2.05, 4.69) is 111 Å². The second-order valence-electron chi connectivity index (χ2n) is 16.8. The van der Waals surface area contributed by atoms with Crippen LogP contribution in [0.4, 0.5) is 0 Å². The Bertz CT molecular complexity index is 3360. The average Bonchev–Trinajstić information content (AvgIpc) is 3.93. The number of hydrogen-bond acceptors (Lipinski definition) is 5. The Morgan fingerprint density at radius 2 is 1.63 bits per heavy atom. The van der Waals surface area contributed by atoms with Gasteiger partial charge in [-0.2, -0.15) is 0 Å². The first-order chi connectivity index (χ1) is 29.8. The molecule has 5 heterocycles. The summed E-state index contributed by atoms with van der Waals surface area (Å²) in [5, 5.41) is 4.55. The van der Waals surface area contributed by atoms with Crippen molar-refractivity contribution in [3.8, 4) is 28.3 Å². The number of fused-ring (bicyclic) bond motifs is 7. The second kappa shape index (κ2) is 15.9. The number of pyridine rings is 2. The molecule has 10 rings (SSSR count). The van der Waals surface area contributed by atoms with Gasteiger partial charge in [-0.05, 0) is 55.5 Å². The molecule has 0 aliphatic heterocycles. The standard InChI is InChI=1S/C31H18N3OS.C20H28GeN.Ir/c1-18-13-15-22-21-8-6-9-23(29(21)35-31(22)32-18)30-33-25-10-3-4-11-26(25)34(30)19-14-16-28-24(17-19)20-7-2-5-12-27(20)36-28;1-15-8-10-16(11-9-15)19-12-17(13-20(2,3)4)18(14-22-19)21(5,6)7;/h2-8,10-17H,1H3;8-10,12,14H,13H2,1-7H3;/q2*-1;/i;1D3,13D2;. The summed E-state index contributed by atoms with van der Waals surface area (Å²) in [5.74, 6) is 7.50. The van der Waals surface area contributed by atoms with Crippen molar-refractivity contribution in [1.29, 1.82) is 0 Å². The predicted molar refractivity (Wildman–Crippen MR) is 247 cm³/mol. The number of nitrogens with zero attached hydrogens (tertiary/aromatic N) is 4. The third kappa shape index (κ3) is 8.06. The molecular formula is C51H46GeIrN4OS-2. The molecule has 1 radical (unpaired) electrons. The fraction of sp³-hybridized carbons (Fsp3) is 0.196. The van der Waals surface area contributed by atoms with Gasteiger partial charge < -0.3 is 8.98 Å². The minimum atomic E-state index is -2.36. The molecule has 0 saturated carbocycles. The van der Waals surface area contributed by atoms with Crippen LogP contribution in [0.1, 0.15) is 44.4 Å². The number of thiophene rings is 1. The van der Waals surface area contributed by atoms with Crippen molar-refractivity contribution in [3.63, 3.8) is 0 Å². The number of benzene rings is 5. The van der Waals surface area contributed by atoms with Gasteiger partial charge in [0.15, 0.2) is 0 Å². The molecule has 0 fully saturated rings. The third-order valence-electron chi connectivity index (χ3n) is 10.2. The quantitative estimate of drug-likeness (QED) is 0.127. The Kier molecular flexibility index (Phi) is 9.42. The van der Waals surface area contributed by atoms with Crippen molar-refractivity contribution in [2.24, 2.45) is 5.41 Å². The number of rotatable bonds is 5. The van der Waals surface area contributed by atoms with E-state index >= 15 is 0 Å². The zero-order valence-corrected chi connectivity index (χ0v) is 39.3. The molecule has 0 atom stereocenters. The number of hydrogen-bond donors (Lipinski definition) is 0. The zero-order chi connectivity index (χ0) is 44.6. The van der Waals surface area contributed by atoms with Gasteiger partial charge in [0.05, 0.1) is 22.4 Å². The number of aryl methyl sites for hydroxylation is 2. The maximum atomic E-state index is 8.80. The molecule has 0 N–H and O–H groups in total. The van der Waals surface area contributed by atoms with Gasteiger partial charge in [-0.25, -0.2) is 4.98 Å². The average molecular weight is 1030 g/mol. The number of aromatic nitrogens is 4. The monoisotopic (exact) mass is 1030 g/mol. The van der Waals surface area contributed by atoms with E-state index in [1.54, 1.807) is 12.1 Å². The predicted octanol–water partition coefficient (Wildman–Crippen LogP) is 13.5. The Hall–Kier alpha value is -4.92. The van der Waals surface area contributed by atoms with Crippen LogP contribution >= 0.6 is 11.3 Å². The zero-order valence-electron chi connectivity index (χ0n) is 39.0. The van der Waals surface area contributed by atoms with Crippen LogP contribution in [0.3, 0.4) is 0 Å². The Labute approximate surface area is 373 Å². The van der Waals surface area contributed by atoms with E-state index in [0.717, 1.165) is 54.6 Å². The van der Waals surface area contributed by atoms with Crippen molar-refractivity contribution < 1.29 is 31.4 Å². The van der Waals surface area contributed by atoms with Crippen LogP contribution < -0.4 is 4.40 Å². The Balaban J connectivity index is 0.000000181. The molecule has 10 aromatic rings. The molecule has 0 aliphatic carbocycles. The van der Waals surface area contributed by atoms with E-state index in [9.17, 15) is 0 Å². The van der Waals surface area contributed by atoms with Gasteiger partial charge in [0.1, 0.15) is 0 Å². The van der Waals surface area contributed by atoms with Crippen LogP contribution in [-0.2, 0) is 26.5 Å². The number of para-hydroxylation sites is 2. The fourth-order valence-electron chi connectivity index (χ4n) is 7.48. The van der Waals surface area contributed by atoms with Crippen LogP contribution in [0, 0.1) is 31.3 Å². The minimum absolute atomic E-state index is 0. The normalized spacial score (nSPS) is 13.7. The largest absolute Gasteiger partial charge is 0 e. The molecule has 5 aromatic carbocycles. The molecule has 0 aliphatic rings. The number of imidazole rings is 1. The van der Waals surface area contributed by atoms with Crippen LogP contribution in [0.2, 0.25) is 17.3 Å². The molecule has 5 aromatic heterocycles. The van der Waals surface area contributed by atoms with Gasteiger partial charge in [-0.3, -0.25) is 4.98 Å². The summed E-state index contributed by atoms with van der Waals surface area (Å²) in [5.41, 5.74) is 7.83. The van der Waals surface area contributed by atoms with Gasteiger partial charge in [0, 0.05) is 57.0 Å². The van der Waals surface area contributed by atoms with Crippen molar-refractivity contribution in [3.05, 3.63) is 150 Å². The molecule has 0 unspecified atom stereocenters. The molecule has 0 spiro atoms. The van der Waals surface area contributed by atoms with E-state index in [-0.39, 0.29) is 25.7 Å². The Morgan fingerprint density at radius 1 is 0.831 bits per heavy atom. The first-order valence-corrected chi connectivity index (χ1v) is 27.6. The summed E-state index contributed by atoms with van der Waals surface area (Å²) in [6.45, 7) is 5.53. The summed E-state index contributed by atoms with van der Waals surface area (Å²) in [6, 6.07) is 44.6. The van der Waals surface area contributed by atoms with Crippen LogP contribution in [0.25, 0.3) is 81.6 Å². The SMILES string of the molecule is Cc1ccc2c(n1)oc1c(-c3nc4ccccc4n3-c3ccc4sc5ccccc5c4c3)[c-]ccc12.[2H]C([2H])([2H])c1c[c-]c(-c2cc(C([2H])([2H])C(C)(C)C)[c]([Ge]([CH3])([CH3])[CH3])cn2)cc1.[Ir]. The third-order valence-corrected chi connectivity index (χ3v) is 15.5. The van der Waals surface area contributed by atoms with Gasteiger partial charge in [-0.1, -0.05) is 41.3 Å². The molecule has 0 saturated heterocycles. The van der Waals surface area contributed by atoms with Crippen molar-refractivity contribution in [1.82, 2.24) is 19.5 Å². The van der Waals surface area contributed by atoms with Crippen LogP contribution in [0.15, 0.2) is 126 Å². The molecule has 0 amide bonds. The van der Waals surface area contributed by atoms with E-state index in [1.165, 1.54) is 26.2 Å². The fourth-order valence-corrected chi connectivity index (χ4v) is 11.5. The molecule has 8 heteroatoms. The number of furan rings is 1. The van der Waals surface area contributed by atoms with Gasteiger partial charge in [0.25, 0.3) is 0 Å². The smallest absolute Gasteiger partial charge is 0 e. The minimum Gasteiger partial charge on any atom is 0 e. The summed E-state index contributed by atoms with van der Waals surface area (Å²) >= 11 is -0.531. The maximum absolute atomic E-state index is 8.80. The van der Waals surface area contributed by atoms with E-state index < -0.39 is 31.9 Å². The van der Waals surface area contributed by atoms with E-state index in [0.29, 0.717) is 22.5 Å². The van der Waals surface area contributed by atoms with Gasteiger partial charge in [-0.15, -0.1) is 29.5 Å². The van der Waals surface area contributed by atoms with Gasteiger partial charge >= 0.3 is 145 Å². The molecule has 59 heavy (non-hydrogen) atoms. The molecule has 5 nitrogen and oxygen atoms in total. The molecule has 0 bridgehead atoms. The van der Waals surface area contributed by atoms with E-state index in [1.807, 2.05) is 75.6 Å². The first-order valence-electron chi connectivity index (χ1n) is 21.9. The molecule has 297 valence electrons. The summed E-state index contributed by atoms with van der Waals surface area (Å²) < 4.78 is 52.2. The summed E-state index contributed by atoms with van der Waals surface area (Å²) in [4.78, 5) is 14.3. The van der Waals surface area contributed by atoms with E-state index in [4.69, 9.17) is 16.3 Å². The van der Waals surface area contributed by atoms with Crippen molar-refractivity contribution in [2.75, 3.05) is 0 Å². The van der Waals surface area contributed by atoms with Crippen molar-refractivity contribution in [2.45, 2.75) is 58.2 Å². The topological polar surface area (TPSA) is 56.7 Å². The maximum Gasteiger partial charge on any atom is 0 e.